The molecule has 142 valence electrons. The van der Waals surface area contributed by atoms with Crippen LogP contribution in [0, 0.1) is 0 Å². The van der Waals surface area contributed by atoms with Crippen LogP contribution in [0.5, 0.6) is 0 Å². The van der Waals surface area contributed by atoms with Crippen LogP contribution in [0.1, 0.15) is 70.1 Å². The van der Waals surface area contributed by atoms with Crippen molar-refractivity contribution >= 4 is 10.1 Å². The number of hydrogen-bond acceptors (Lipinski definition) is 1. The van der Waals surface area contributed by atoms with Crippen LogP contribution in [-0.4, -0.2) is 4.40 Å². The summed E-state index contributed by atoms with van der Waals surface area (Å²) in [5.74, 6) is 0.321. The molecule has 2 rings (SSSR count). The van der Waals surface area contributed by atoms with Gasteiger partial charge in [-0.15, -0.1) is 0 Å². The molecule has 0 amide bonds. The van der Waals surface area contributed by atoms with E-state index in [0.29, 0.717) is 5.69 Å². The fourth-order valence-corrected chi connectivity index (χ4v) is 6.38. The minimum absolute atomic E-state index is 0.160. The zero-order chi connectivity index (χ0) is 19.5. The summed E-state index contributed by atoms with van der Waals surface area (Å²) in [5.41, 5.74) is 2.52. The topological polar surface area (TPSA) is 12.4 Å². The summed E-state index contributed by atoms with van der Waals surface area (Å²) in [6.07, 6.45) is 0. The van der Waals surface area contributed by atoms with Gasteiger partial charge in [-0.2, -0.15) is 0 Å². The summed E-state index contributed by atoms with van der Waals surface area (Å²) < 4.78 is 35.7. The molecule has 0 aromatic heterocycles. The van der Waals surface area contributed by atoms with E-state index < -0.39 is 21.9 Å². The van der Waals surface area contributed by atoms with Crippen molar-refractivity contribution in [2.75, 3.05) is 0 Å². The summed E-state index contributed by atoms with van der Waals surface area (Å²) in [6.45, 7) is 11.8. The molecule has 0 aliphatic carbocycles. The van der Waals surface area contributed by atoms with Crippen LogP contribution in [0.25, 0.3) is 0 Å². The predicted molar refractivity (Wildman–Crippen MR) is 104 cm³/mol. The molecule has 0 aliphatic rings. The average Bonchev–Trinajstić information content (AvgIpc) is 2.54. The minimum atomic E-state index is -5.53. The molecule has 0 atom stereocenters. The third-order valence-electron chi connectivity index (χ3n) is 4.51. The van der Waals surface area contributed by atoms with Gasteiger partial charge >= 0.3 is 160 Å². The molecule has 1 nitrogen and oxygen atoms in total. The number of benzene rings is 2. The van der Waals surface area contributed by atoms with Crippen LogP contribution in [0.3, 0.4) is 0 Å². The van der Waals surface area contributed by atoms with Crippen molar-refractivity contribution in [3.05, 3.63) is 65.2 Å². The van der Waals surface area contributed by atoms with Gasteiger partial charge in [-0.05, 0) is 0 Å². The summed E-state index contributed by atoms with van der Waals surface area (Å²) in [5, 5.41) is 0. The SMILES string of the molecule is CC(C)c1cccc(C(C)C)c1[N]=[Mo]([F])([F])=[CH]C(C)(C)c1ccccc1. The molecule has 2 aromatic rings. The van der Waals surface area contributed by atoms with E-state index in [0.717, 1.165) is 16.7 Å². The second-order valence-corrected chi connectivity index (χ2v) is 11.3. The van der Waals surface area contributed by atoms with Gasteiger partial charge in [0.25, 0.3) is 0 Å². The average molecular weight is 441 g/mol. The van der Waals surface area contributed by atoms with E-state index >= 15 is 6.32 Å². The van der Waals surface area contributed by atoms with Crippen molar-refractivity contribution in [1.29, 1.82) is 0 Å². The summed E-state index contributed by atoms with van der Waals surface area (Å²) in [7, 11) is 0. The van der Waals surface area contributed by atoms with Gasteiger partial charge < -0.3 is 0 Å². The van der Waals surface area contributed by atoms with E-state index in [-0.39, 0.29) is 11.8 Å². The molecule has 0 saturated heterocycles. The van der Waals surface area contributed by atoms with Crippen molar-refractivity contribution in [3.8, 4) is 0 Å². The van der Waals surface area contributed by atoms with Crippen LogP contribution in [-0.2, 0) is 21.9 Å². The van der Waals surface area contributed by atoms with E-state index in [1.54, 1.807) is 0 Å². The standard InChI is InChI=1S/C12H17N.C10H12.2FH.Mo/c1-8(2)10-6-5-7-11(9(3)4)12(10)13;1-10(2,3)9-7-5-4-6-8-9;;;/h5-9H,1-4H3;1,4-8H,2-3H3;2*1H;/q;;;;+2/p-2. The molecular weight excluding hydrogens is 412 g/mol. The Bertz CT molecular complexity index is 840. The van der Waals surface area contributed by atoms with Gasteiger partial charge in [0.1, 0.15) is 0 Å². The molecule has 0 heterocycles. The predicted octanol–water partition coefficient (Wildman–Crippen LogP) is 7.45. The van der Waals surface area contributed by atoms with Gasteiger partial charge in [-0.25, -0.2) is 0 Å². The van der Waals surface area contributed by atoms with Crippen molar-refractivity contribution < 1.29 is 22.8 Å². The Kier molecular flexibility index (Phi) is 6.55. The number of halogens is 2. The Morgan fingerprint density at radius 3 is 1.81 bits per heavy atom. The molecule has 0 fully saturated rings. The van der Waals surface area contributed by atoms with E-state index in [2.05, 4.69) is 3.50 Å². The normalized spacial score (nSPS) is 12.5. The zero-order valence-corrected chi connectivity index (χ0v) is 18.5. The summed E-state index contributed by atoms with van der Waals surface area (Å²) in [6, 6.07) is 15.3. The van der Waals surface area contributed by atoms with Crippen LogP contribution in [0.15, 0.2) is 52.0 Å². The fourth-order valence-electron chi connectivity index (χ4n) is 3.06. The number of rotatable bonds is 5. The van der Waals surface area contributed by atoms with Gasteiger partial charge in [-0.3, -0.25) is 0 Å². The Morgan fingerprint density at radius 2 is 1.35 bits per heavy atom. The first-order valence-electron chi connectivity index (χ1n) is 9.03. The molecule has 0 radical (unpaired) electrons. The first-order chi connectivity index (χ1) is 12.0. The van der Waals surface area contributed by atoms with E-state index in [4.69, 9.17) is 0 Å². The van der Waals surface area contributed by atoms with E-state index in [1.165, 1.54) is 4.40 Å². The first-order valence-corrected chi connectivity index (χ1v) is 12.6. The molecule has 0 saturated carbocycles. The van der Waals surface area contributed by atoms with E-state index in [9.17, 15) is 0 Å². The first kappa shape index (κ1) is 21.0. The molecule has 0 unspecified atom stereocenters. The molecular formula is C22H29F2MoN. The molecule has 2 aromatic carbocycles. The Hall–Kier alpha value is -1.34. The van der Waals surface area contributed by atoms with Gasteiger partial charge in [-0.1, -0.05) is 0 Å². The van der Waals surface area contributed by atoms with Crippen LogP contribution >= 0.6 is 0 Å². The Balaban J connectivity index is 2.68. The van der Waals surface area contributed by atoms with Crippen LogP contribution in [0.2, 0.25) is 0 Å². The van der Waals surface area contributed by atoms with E-state index in [1.807, 2.05) is 90.1 Å². The van der Waals surface area contributed by atoms with Gasteiger partial charge in [0.2, 0.25) is 0 Å². The van der Waals surface area contributed by atoms with Crippen molar-refractivity contribution in [2.24, 2.45) is 3.50 Å². The molecule has 4 heteroatoms. The monoisotopic (exact) mass is 443 g/mol. The third-order valence-corrected chi connectivity index (χ3v) is 7.70. The summed E-state index contributed by atoms with van der Waals surface area (Å²) >= 11 is -5.53. The molecule has 0 N–H and O–H groups in total. The van der Waals surface area contributed by atoms with Crippen molar-refractivity contribution in [3.63, 3.8) is 0 Å². The van der Waals surface area contributed by atoms with Crippen molar-refractivity contribution in [1.82, 2.24) is 0 Å². The molecule has 0 bridgehead atoms. The third kappa shape index (κ3) is 5.10. The molecule has 26 heavy (non-hydrogen) atoms. The zero-order valence-electron chi connectivity index (χ0n) is 16.5. The Labute approximate surface area is 160 Å². The van der Waals surface area contributed by atoms with Gasteiger partial charge in [0, 0.05) is 0 Å². The maximum atomic E-state index is 15.1. The van der Waals surface area contributed by atoms with Gasteiger partial charge in [0.05, 0.1) is 0 Å². The van der Waals surface area contributed by atoms with Gasteiger partial charge in [0.15, 0.2) is 0 Å². The fraction of sp³-hybridized carbons (Fsp3) is 0.409. The van der Waals surface area contributed by atoms with Crippen molar-refractivity contribution in [2.45, 2.75) is 58.8 Å². The second-order valence-electron chi connectivity index (χ2n) is 7.87. The maximum absolute atomic E-state index is 15.1. The Morgan fingerprint density at radius 1 is 0.846 bits per heavy atom. The number of nitrogens with zero attached hydrogens (tertiary/aromatic N) is 1. The molecule has 0 aliphatic heterocycles. The summed E-state index contributed by atoms with van der Waals surface area (Å²) in [4.78, 5) is 0. The molecule has 0 spiro atoms. The van der Waals surface area contributed by atoms with Crippen LogP contribution in [0.4, 0.5) is 12.0 Å². The van der Waals surface area contributed by atoms with Crippen LogP contribution < -0.4 is 0 Å². The second kappa shape index (κ2) is 8.13. The number of hydrogen-bond donors (Lipinski definition) is 0. The quantitative estimate of drug-likeness (QED) is 0.427.